The molecule has 0 rings (SSSR count). The van der Waals surface area contributed by atoms with Crippen LogP contribution in [0.25, 0.3) is 0 Å². The van der Waals surface area contributed by atoms with E-state index in [2.05, 4.69) is 11.9 Å². The van der Waals surface area contributed by atoms with Gasteiger partial charge in [-0.1, -0.05) is 26.5 Å². The van der Waals surface area contributed by atoms with Gasteiger partial charge >= 0.3 is 12.1 Å². The van der Waals surface area contributed by atoms with E-state index in [4.69, 9.17) is 9.47 Å². The predicted molar refractivity (Wildman–Crippen MR) is 59.9 cm³/mol. The van der Waals surface area contributed by atoms with Gasteiger partial charge in [-0.05, 0) is 12.8 Å². The molecule has 0 aliphatic heterocycles. The van der Waals surface area contributed by atoms with Crippen molar-refractivity contribution < 1.29 is 19.1 Å². The highest BCUT2D eigenvalue weighted by atomic mass is 16.6. The summed E-state index contributed by atoms with van der Waals surface area (Å²) in [6.07, 6.45) is 0.858. The molecule has 0 aliphatic rings. The molecule has 1 amide bonds. The Kier molecular flexibility index (Phi) is 7.00. The first kappa shape index (κ1) is 14.5. The molecule has 0 bridgehead atoms. The highest BCUT2D eigenvalue weighted by molar-refractivity contribution is 5.81. The van der Waals surface area contributed by atoms with E-state index in [-0.39, 0.29) is 19.1 Å². The van der Waals surface area contributed by atoms with Crippen molar-refractivity contribution in [2.24, 2.45) is 5.92 Å². The van der Waals surface area contributed by atoms with Crippen LogP contribution in [0.5, 0.6) is 0 Å². The van der Waals surface area contributed by atoms with E-state index in [0.717, 1.165) is 0 Å². The second-order valence-corrected chi connectivity index (χ2v) is 3.51. The Morgan fingerprint density at radius 3 is 2.44 bits per heavy atom. The summed E-state index contributed by atoms with van der Waals surface area (Å²) in [5, 5.41) is 2.46. The average Bonchev–Trinajstić information content (AvgIpc) is 2.22. The van der Waals surface area contributed by atoms with Gasteiger partial charge in [0.05, 0.1) is 6.61 Å². The minimum absolute atomic E-state index is 0.0679. The highest BCUT2D eigenvalue weighted by Crippen LogP contribution is 2.04. The zero-order valence-corrected chi connectivity index (χ0v) is 9.99. The normalized spacial score (nSPS) is 11.8. The van der Waals surface area contributed by atoms with Gasteiger partial charge < -0.3 is 14.8 Å². The molecule has 16 heavy (non-hydrogen) atoms. The number of hydrogen-bond acceptors (Lipinski definition) is 4. The van der Waals surface area contributed by atoms with Gasteiger partial charge in [0.2, 0.25) is 0 Å². The summed E-state index contributed by atoms with van der Waals surface area (Å²) in [7, 11) is 0. The van der Waals surface area contributed by atoms with E-state index < -0.39 is 18.1 Å². The van der Waals surface area contributed by atoms with Crippen LogP contribution in [-0.4, -0.2) is 31.3 Å². The summed E-state index contributed by atoms with van der Waals surface area (Å²) < 4.78 is 9.57. The van der Waals surface area contributed by atoms with Crippen molar-refractivity contribution in [3.05, 3.63) is 12.7 Å². The smallest absolute Gasteiger partial charge is 0.407 e. The molecule has 0 aliphatic carbocycles. The third kappa shape index (κ3) is 5.38. The highest BCUT2D eigenvalue weighted by Gasteiger charge is 2.25. The predicted octanol–water partition coefficient (Wildman–Crippen LogP) is 1.49. The van der Waals surface area contributed by atoms with Gasteiger partial charge in [0.1, 0.15) is 12.6 Å². The summed E-state index contributed by atoms with van der Waals surface area (Å²) in [5.74, 6) is -0.551. The van der Waals surface area contributed by atoms with Crippen LogP contribution in [0.4, 0.5) is 4.79 Å². The molecule has 1 atom stereocenters. The van der Waals surface area contributed by atoms with Crippen LogP contribution in [0.3, 0.4) is 0 Å². The zero-order chi connectivity index (χ0) is 12.6. The van der Waals surface area contributed by atoms with Crippen molar-refractivity contribution in [3.8, 4) is 0 Å². The first-order valence-electron chi connectivity index (χ1n) is 5.23. The lowest BCUT2D eigenvalue weighted by molar-refractivity contribution is -0.145. The van der Waals surface area contributed by atoms with Crippen molar-refractivity contribution in [1.82, 2.24) is 5.32 Å². The third-order valence-electron chi connectivity index (χ3n) is 1.81. The molecule has 5 heteroatoms. The van der Waals surface area contributed by atoms with E-state index in [9.17, 15) is 9.59 Å². The molecular weight excluding hydrogens is 210 g/mol. The lowest BCUT2D eigenvalue weighted by Gasteiger charge is -2.19. The second-order valence-electron chi connectivity index (χ2n) is 3.51. The van der Waals surface area contributed by atoms with Crippen LogP contribution in [0, 0.1) is 5.92 Å². The summed E-state index contributed by atoms with van der Waals surface area (Å²) in [6, 6.07) is -0.695. The maximum atomic E-state index is 11.5. The molecule has 92 valence electrons. The minimum atomic E-state index is -0.695. The summed E-state index contributed by atoms with van der Waals surface area (Å²) in [6.45, 7) is 9.15. The maximum Gasteiger partial charge on any atom is 0.407 e. The largest absolute Gasteiger partial charge is 0.460 e. The molecule has 0 aromatic heterocycles. The van der Waals surface area contributed by atoms with Gasteiger partial charge in [0.25, 0.3) is 0 Å². The van der Waals surface area contributed by atoms with Gasteiger partial charge in [-0.2, -0.15) is 0 Å². The van der Waals surface area contributed by atoms with Crippen LogP contribution in [0.15, 0.2) is 12.7 Å². The van der Waals surface area contributed by atoms with Gasteiger partial charge in [-0.25, -0.2) is 9.59 Å². The van der Waals surface area contributed by atoms with E-state index in [1.54, 1.807) is 6.92 Å². The number of carbonyl (C=O) groups excluding carboxylic acids is 2. The van der Waals surface area contributed by atoms with Crippen molar-refractivity contribution in [3.63, 3.8) is 0 Å². The average molecular weight is 229 g/mol. The SMILES string of the molecule is C=CCOC(=O)C(NC(=O)OCC)C(C)C. The van der Waals surface area contributed by atoms with Crippen LogP contribution < -0.4 is 5.32 Å². The van der Waals surface area contributed by atoms with E-state index in [1.165, 1.54) is 6.08 Å². The molecule has 0 heterocycles. The number of carbonyl (C=O) groups is 2. The van der Waals surface area contributed by atoms with Gasteiger partial charge in [0, 0.05) is 0 Å². The number of nitrogens with one attached hydrogen (secondary N) is 1. The van der Waals surface area contributed by atoms with E-state index in [0.29, 0.717) is 0 Å². The number of hydrogen-bond donors (Lipinski definition) is 1. The van der Waals surface area contributed by atoms with Crippen LogP contribution >= 0.6 is 0 Å². The first-order valence-corrected chi connectivity index (χ1v) is 5.23. The number of rotatable bonds is 6. The number of amides is 1. The number of ether oxygens (including phenoxy) is 2. The Morgan fingerprint density at radius 1 is 1.38 bits per heavy atom. The summed E-state index contributed by atoms with van der Waals surface area (Å²) in [4.78, 5) is 22.7. The van der Waals surface area contributed by atoms with Crippen LogP contribution in [0.2, 0.25) is 0 Å². The lowest BCUT2D eigenvalue weighted by atomic mass is 10.1. The molecule has 0 fully saturated rings. The fraction of sp³-hybridized carbons (Fsp3) is 0.636. The summed E-state index contributed by atoms with van der Waals surface area (Å²) >= 11 is 0. The van der Waals surface area contributed by atoms with Crippen molar-refractivity contribution >= 4 is 12.1 Å². The Hall–Kier alpha value is -1.52. The molecular formula is C11H19NO4. The second kappa shape index (κ2) is 7.73. The minimum Gasteiger partial charge on any atom is -0.460 e. The van der Waals surface area contributed by atoms with Gasteiger partial charge in [0.15, 0.2) is 0 Å². The first-order chi connectivity index (χ1) is 7.52. The van der Waals surface area contributed by atoms with E-state index >= 15 is 0 Å². The monoisotopic (exact) mass is 229 g/mol. The fourth-order valence-electron chi connectivity index (χ4n) is 1.03. The van der Waals surface area contributed by atoms with Crippen molar-refractivity contribution in [2.45, 2.75) is 26.8 Å². The van der Waals surface area contributed by atoms with Gasteiger partial charge in [-0.15, -0.1) is 0 Å². The fourth-order valence-corrected chi connectivity index (χ4v) is 1.03. The third-order valence-corrected chi connectivity index (χ3v) is 1.81. The molecule has 5 nitrogen and oxygen atoms in total. The summed E-state index contributed by atoms with van der Waals surface area (Å²) in [5.41, 5.74) is 0. The van der Waals surface area contributed by atoms with Crippen molar-refractivity contribution in [1.29, 1.82) is 0 Å². The number of esters is 1. The standard InChI is InChI=1S/C11H19NO4/c1-5-7-16-10(13)9(8(3)4)12-11(14)15-6-2/h5,8-9H,1,6-7H2,2-4H3,(H,12,14). The molecule has 0 saturated carbocycles. The molecule has 0 spiro atoms. The molecule has 1 unspecified atom stereocenters. The molecule has 0 saturated heterocycles. The molecule has 0 aromatic rings. The Bertz CT molecular complexity index is 250. The number of alkyl carbamates (subject to hydrolysis) is 1. The van der Waals surface area contributed by atoms with E-state index in [1.807, 2.05) is 13.8 Å². The lowest BCUT2D eigenvalue weighted by Crippen LogP contribution is -2.45. The van der Waals surface area contributed by atoms with Crippen LogP contribution in [-0.2, 0) is 14.3 Å². The zero-order valence-electron chi connectivity index (χ0n) is 9.99. The molecule has 1 N–H and O–H groups in total. The Morgan fingerprint density at radius 2 is 2.00 bits per heavy atom. The van der Waals surface area contributed by atoms with Crippen LogP contribution in [0.1, 0.15) is 20.8 Å². The molecule has 0 radical (unpaired) electrons. The van der Waals surface area contributed by atoms with Crippen molar-refractivity contribution in [2.75, 3.05) is 13.2 Å². The Balaban J connectivity index is 4.31. The maximum absolute atomic E-state index is 11.5. The molecule has 0 aromatic carbocycles. The quantitative estimate of drug-likeness (QED) is 0.553. The Labute approximate surface area is 95.8 Å². The topological polar surface area (TPSA) is 64.6 Å². The van der Waals surface area contributed by atoms with Gasteiger partial charge in [-0.3, -0.25) is 0 Å².